The number of nitrogens with zero attached hydrogens (tertiary/aromatic N) is 1. The Morgan fingerprint density at radius 1 is 1.78 bits per heavy atom. The van der Waals surface area contributed by atoms with Gasteiger partial charge in [-0.2, -0.15) is 5.10 Å². The summed E-state index contributed by atoms with van der Waals surface area (Å²) in [5, 5.41) is 9.89. The summed E-state index contributed by atoms with van der Waals surface area (Å²) in [4.78, 5) is 0. The van der Waals surface area contributed by atoms with Crippen molar-refractivity contribution < 1.29 is 0 Å². The van der Waals surface area contributed by atoms with Gasteiger partial charge in [-0.3, -0.25) is 5.10 Å². The van der Waals surface area contributed by atoms with E-state index in [1.165, 1.54) is 0 Å². The van der Waals surface area contributed by atoms with Crippen LogP contribution in [0.4, 0.5) is 0 Å². The standard InChI is InChI=1S/C6H11N3/c1-5-3-6(4-7-2)9-8-5/h3,7H,4H2,1-2H3,(H,8,9). The molecule has 50 valence electrons. The van der Waals surface area contributed by atoms with Crippen molar-refractivity contribution in [3.63, 3.8) is 0 Å². The zero-order valence-corrected chi connectivity index (χ0v) is 5.73. The molecule has 0 aromatic carbocycles. The normalized spacial score (nSPS) is 10.0. The summed E-state index contributed by atoms with van der Waals surface area (Å²) in [5.41, 5.74) is 2.18. The van der Waals surface area contributed by atoms with Crippen LogP contribution in [0.3, 0.4) is 0 Å². The molecule has 1 aromatic heterocycles. The van der Waals surface area contributed by atoms with Crippen molar-refractivity contribution in [3.05, 3.63) is 17.5 Å². The van der Waals surface area contributed by atoms with Crippen LogP contribution in [0.15, 0.2) is 6.07 Å². The van der Waals surface area contributed by atoms with Gasteiger partial charge in [0.2, 0.25) is 0 Å². The zero-order chi connectivity index (χ0) is 6.69. The molecule has 1 aromatic rings. The van der Waals surface area contributed by atoms with Crippen LogP contribution in [0.5, 0.6) is 0 Å². The highest BCUT2D eigenvalue weighted by atomic mass is 15.1. The Morgan fingerprint density at radius 2 is 2.56 bits per heavy atom. The van der Waals surface area contributed by atoms with Crippen LogP contribution in [0.1, 0.15) is 11.4 Å². The molecule has 0 atom stereocenters. The molecule has 0 aliphatic carbocycles. The van der Waals surface area contributed by atoms with E-state index in [-0.39, 0.29) is 0 Å². The molecule has 1 heterocycles. The van der Waals surface area contributed by atoms with Crippen molar-refractivity contribution in [1.29, 1.82) is 0 Å². The summed E-state index contributed by atoms with van der Waals surface area (Å²) in [6.07, 6.45) is 0. The van der Waals surface area contributed by atoms with Crippen molar-refractivity contribution in [3.8, 4) is 0 Å². The van der Waals surface area contributed by atoms with Crippen LogP contribution in [0, 0.1) is 6.92 Å². The predicted molar refractivity (Wildman–Crippen MR) is 36.1 cm³/mol. The van der Waals surface area contributed by atoms with Gasteiger partial charge in [-0.1, -0.05) is 0 Å². The molecule has 0 aliphatic heterocycles. The van der Waals surface area contributed by atoms with Crippen LogP contribution >= 0.6 is 0 Å². The maximum Gasteiger partial charge on any atom is 0.0594 e. The highest BCUT2D eigenvalue weighted by Crippen LogP contribution is 1.95. The molecule has 0 spiro atoms. The van der Waals surface area contributed by atoms with E-state index < -0.39 is 0 Å². The minimum absolute atomic E-state index is 0.862. The number of aryl methyl sites for hydroxylation is 1. The molecule has 0 amide bonds. The van der Waals surface area contributed by atoms with Gasteiger partial charge in [0.25, 0.3) is 0 Å². The van der Waals surface area contributed by atoms with Crippen molar-refractivity contribution in [2.24, 2.45) is 0 Å². The van der Waals surface area contributed by atoms with Crippen molar-refractivity contribution in [2.45, 2.75) is 13.5 Å². The molecule has 3 heteroatoms. The van der Waals surface area contributed by atoms with Crippen LogP contribution in [-0.4, -0.2) is 17.2 Å². The summed E-state index contributed by atoms with van der Waals surface area (Å²) in [6, 6.07) is 2.02. The van der Waals surface area contributed by atoms with E-state index in [9.17, 15) is 0 Å². The number of aromatic nitrogens is 2. The molecule has 0 unspecified atom stereocenters. The molecule has 0 aliphatic rings. The molecular weight excluding hydrogens is 114 g/mol. The fraction of sp³-hybridized carbons (Fsp3) is 0.500. The Balaban J connectivity index is 2.61. The van der Waals surface area contributed by atoms with Crippen LogP contribution < -0.4 is 5.32 Å². The smallest absolute Gasteiger partial charge is 0.0594 e. The van der Waals surface area contributed by atoms with E-state index in [0.29, 0.717) is 0 Å². The maximum absolute atomic E-state index is 3.97. The summed E-state index contributed by atoms with van der Waals surface area (Å²) in [5.74, 6) is 0. The monoisotopic (exact) mass is 125 g/mol. The maximum atomic E-state index is 3.97. The molecule has 0 radical (unpaired) electrons. The lowest BCUT2D eigenvalue weighted by Crippen LogP contribution is -2.04. The topological polar surface area (TPSA) is 40.7 Å². The van der Waals surface area contributed by atoms with E-state index in [2.05, 4.69) is 15.5 Å². The highest BCUT2D eigenvalue weighted by Gasteiger charge is 1.92. The summed E-state index contributed by atoms with van der Waals surface area (Å²) in [6.45, 7) is 2.83. The lowest BCUT2D eigenvalue weighted by atomic mass is 10.4. The quantitative estimate of drug-likeness (QED) is 0.602. The van der Waals surface area contributed by atoms with Crippen LogP contribution in [-0.2, 0) is 6.54 Å². The molecule has 3 nitrogen and oxygen atoms in total. The molecule has 0 saturated carbocycles. The zero-order valence-electron chi connectivity index (χ0n) is 5.73. The highest BCUT2D eigenvalue weighted by molar-refractivity contribution is 5.05. The van der Waals surface area contributed by atoms with Gasteiger partial charge in [0.1, 0.15) is 0 Å². The Hall–Kier alpha value is -0.830. The summed E-state index contributed by atoms with van der Waals surface area (Å²) >= 11 is 0. The SMILES string of the molecule is CNCc1cc(C)n[nH]1. The number of rotatable bonds is 2. The van der Waals surface area contributed by atoms with E-state index >= 15 is 0 Å². The molecule has 9 heavy (non-hydrogen) atoms. The van der Waals surface area contributed by atoms with Crippen LogP contribution in [0.25, 0.3) is 0 Å². The first kappa shape index (κ1) is 6.29. The van der Waals surface area contributed by atoms with Gasteiger partial charge in [0, 0.05) is 12.2 Å². The van der Waals surface area contributed by atoms with Crippen molar-refractivity contribution >= 4 is 0 Å². The molecular formula is C6H11N3. The fourth-order valence-electron chi connectivity index (χ4n) is 0.758. The van der Waals surface area contributed by atoms with Gasteiger partial charge >= 0.3 is 0 Å². The van der Waals surface area contributed by atoms with Crippen molar-refractivity contribution in [1.82, 2.24) is 15.5 Å². The Morgan fingerprint density at radius 3 is 3.00 bits per heavy atom. The molecule has 0 saturated heterocycles. The average Bonchev–Trinajstić information content (AvgIpc) is 2.17. The number of nitrogens with one attached hydrogen (secondary N) is 2. The number of aromatic amines is 1. The number of hydrogen-bond donors (Lipinski definition) is 2. The molecule has 2 N–H and O–H groups in total. The third kappa shape index (κ3) is 1.54. The van der Waals surface area contributed by atoms with Gasteiger partial charge in [-0.25, -0.2) is 0 Å². The first-order valence-corrected chi connectivity index (χ1v) is 2.98. The first-order valence-electron chi connectivity index (χ1n) is 2.98. The Bertz CT molecular complexity index is 180. The molecule has 1 rings (SSSR count). The average molecular weight is 125 g/mol. The Labute approximate surface area is 54.5 Å². The predicted octanol–water partition coefficient (Wildman–Crippen LogP) is 0.438. The second-order valence-electron chi connectivity index (χ2n) is 2.06. The minimum atomic E-state index is 0.862. The Kier molecular flexibility index (Phi) is 1.85. The van der Waals surface area contributed by atoms with E-state index in [4.69, 9.17) is 0 Å². The van der Waals surface area contributed by atoms with Crippen molar-refractivity contribution in [2.75, 3.05) is 7.05 Å². The second kappa shape index (κ2) is 2.64. The third-order valence-electron chi connectivity index (χ3n) is 1.13. The largest absolute Gasteiger partial charge is 0.314 e. The number of H-pyrrole nitrogens is 1. The lowest BCUT2D eigenvalue weighted by molar-refractivity contribution is 0.783. The van der Waals surface area contributed by atoms with E-state index in [1.807, 2.05) is 20.0 Å². The van der Waals surface area contributed by atoms with Gasteiger partial charge in [-0.15, -0.1) is 0 Å². The molecule has 0 fully saturated rings. The lowest BCUT2D eigenvalue weighted by Gasteiger charge is -1.89. The van der Waals surface area contributed by atoms with Gasteiger partial charge in [-0.05, 0) is 20.0 Å². The first-order chi connectivity index (χ1) is 4.33. The second-order valence-corrected chi connectivity index (χ2v) is 2.06. The third-order valence-corrected chi connectivity index (χ3v) is 1.13. The van der Waals surface area contributed by atoms with E-state index in [0.717, 1.165) is 17.9 Å². The summed E-state index contributed by atoms with van der Waals surface area (Å²) < 4.78 is 0. The van der Waals surface area contributed by atoms with Gasteiger partial charge < -0.3 is 5.32 Å². The van der Waals surface area contributed by atoms with E-state index in [1.54, 1.807) is 0 Å². The minimum Gasteiger partial charge on any atom is -0.314 e. The fourth-order valence-corrected chi connectivity index (χ4v) is 0.758. The van der Waals surface area contributed by atoms with Gasteiger partial charge in [0.05, 0.1) is 5.69 Å². The number of hydrogen-bond acceptors (Lipinski definition) is 2. The molecule has 0 bridgehead atoms. The van der Waals surface area contributed by atoms with Gasteiger partial charge in [0.15, 0.2) is 0 Å². The summed E-state index contributed by atoms with van der Waals surface area (Å²) in [7, 11) is 1.91. The van der Waals surface area contributed by atoms with Crippen LogP contribution in [0.2, 0.25) is 0 Å².